The first-order chi connectivity index (χ1) is 12.0. The molecule has 0 aliphatic heterocycles. The van der Waals surface area contributed by atoms with Crippen molar-refractivity contribution in [3.05, 3.63) is 48.2 Å². The summed E-state index contributed by atoms with van der Waals surface area (Å²) in [6.07, 6.45) is 3.89. The second-order valence-corrected chi connectivity index (χ2v) is 5.46. The molecule has 0 saturated carbocycles. The number of rotatable bonds is 5. The van der Waals surface area contributed by atoms with Crippen molar-refractivity contribution in [3.63, 3.8) is 0 Å². The Balaban J connectivity index is 1.93. The molecule has 0 aliphatic carbocycles. The molecule has 8 heteroatoms. The molecule has 3 aromatic heterocycles. The number of aromatic nitrogens is 4. The Morgan fingerprint density at radius 1 is 1.24 bits per heavy atom. The Morgan fingerprint density at radius 2 is 2.04 bits per heavy atom. The maximum Gasteiger partial charge on any atom is 0.220 e. The molecule has 0 spiro atoms. The zero-order valence-corrected chi connectivity index (χ0v) is 14.1. The normalized spacial score (nSPS) is 12.0. The molecule has 25 heavy (non-hydrogen) atoms. The van der Waals surface area contributed by atoms with Gasteiger partial charge in [0, 0.05) is 25.0 Å². The Kier molecular flexibility index (Phi) is 4.51. The molecular formula is C17H18FN5O2. The molecule has 130 valence electrons. The lowest BCUT2D eigenvalue weighted by atomic mass is 10.1. The number of aryl methyl sites for hydroxylation is 1. The van der Waals surface area contributed by atoms with Crippen molar-refractivity contribution in [2.75, 3.05) is 12.8 Å². The largest absolute Gasteiger partial charge is 0.482 e. The SMILES string of the molecule is COc1ncc(F)cc1[C@@H](C)Oc1cc(-c2ccnn2C)cnc1N. The van der Waals surface area contributed by atoms with Crippen molar-refractivity contribution in [3.8, 4) is 22.9 Å². The summed E-state index contributed by atoms with van der Waals surface area (Å²) < 4.78 is 26.3. The molecule has 0 fully saturated rings. The van der Waals surface area contributed by atoms with Gasteiger partial charge in [0.1, 0.15) is 11.9 Å². The van der Waals surface area contributed by atoms with Crippen molar-refractivity contribution < 1.29 is 13.9 Å². The molecule has 7 nitrogen and oxygen atoms in total. The van der Waals surface area contributed by atoms with E-state index in [1.807, 2.05) is 13.1 Å². The Morgan fingerprint density at radius 3 is 2.72 bits per heavy atom. The van der Waals surface area contributed by atoms with Crippen LogP contribution in [0.4, 0.5) is 10.2 Å². The molecule has 3 aromatic rings. The van der Waals surface area contributed by atoms with Crippen LogP contribution in [0.2, 0.25) is 0 Å². The minimum atomic E-state index is -0.538. The van der Waals surface area contributed by atoms with Crippen LogP contribution in [0.25, 0.3) is 11.3 Å². The molecule has 0 radical (unpaired) electrons. The Labute approximate surface area is 144 Å². The summed E-state index contributed by atoms with van der Waals surface area (Å²) in [6, 6.07) is 4.96. The van der Waals surface area contributed by atoms with Crippen LogP contribution >= 0.6 is 0 Å². The highest BCUT2D eigenvalue weighted by molar-refractivity contribution is 5.64. The fourth-order valence-electron chi connectivity index (χ4n) is 2.50. The van der Waals surface area contributed by atoms with E-state index in [1.165, 1.54) is 13.2 Å². The van der Waals surface area contributed by atoms with Gasteiger partial charge in [-0.25, -0.2) is 14.4 Å². The average Bonchev–Trinajstić information content (AvgIpc) is 3.02. The minimum absolute atomic E-state index is 0.237. The molecule has 3 heterocycles. The molecule has 0 aliphatic rings. The van der Waals surface area contributed by atoms with Gasteiger partial charge >= 0.3 is 0 Å². The number of hydrogen-bond acceptors (Lipinski definition) is 6. The molecule has 2 N–H and O–H groups in total. The van der Waals surface area contributed by atoms with Crippen molar-refractivity contribution in [2.24, 2.45) is 7.05 Å². The zero-order valence-electron chi connectivity index (χ0n) is 14.1. The number of hydrogen-bond donors (Lipinski definition) is 1. The predicted octanol–water partition coefficient (Wildman–Crippen LogP) is 2.75. The molecule has 1 atom stereocenters. The van der Waals surface area contributed by atoms with Gasteiger partial charge in [-0.15, -0.1) is 0 Å². The van der Waals surface area contributed by atoms with Gasteiger partial charge in [0.25, 0.3) is 0 Å². The van der Waals surface area contributed by atoms with Crippen molar-refractivity contribution >= 4 is 5.82 Å². The maximum absolute atomic E-state index is 13.5. The first kappa shape index (κ1) is 16.7. The van der Waals surface area contributed by atoms with E-state index in [-0.39, 0.29) is 5.82 Å². The molecule has 0 unspecified atom stereocenters. The number of anilines is 1. The number of nitrogens with two attached hydrogens (primary N) is 1. The summed E-state index contributed by atoms with van der Waals surface area (Å²) in [5, 5.41) is 4.14. The predicted molar refractivity (Wildman–Crippen MR) is 90.6 cm³/mol. The first-order valence-electron chi connectivity index (χ1n) is 7.59. The number of nitrogen functional groups attached to an aromatic ring is 1. The summed E-state index contributed by atoms with van der Waals surface area (Å²) >= 11 is 0. The van der Waals surface area contributed by atoms with Crippen molar-refractivity contribution in [1.82, 2.24) is 19.7 Å². The van der Waals surface area contributed by atoms with E-state index < -0.39 is 11.9 Å². The third kappa shape index (κ3) is 3.37. The topological polar surface area (TPSA) is 88.1 Å². The lowest BCUT2D eigenvalue weighted by Crippen LogP contribution is -2.09. The summed E-state index contributed by atoms with van der Waals surface area (Å²) in [7, 11) is 3.30. The Bertz CT molecular complexity index is 896. The zero-order chi connectivity index (χ0) is 18.0. The van der Waals surface area contributed by atoms with Crippen LogP contribution in [0.1, 0.15) is 18.6 Å². The highest BCUT2D eigenvalue weighted by Gasteiger charge is 2.18. The molecule has 0 aromatic carbocycles. The summed E-state index contributed by atoms with van der Waals surface area (Å²) in [4.78, 5) is 8.09. The van der Waals surface area contributed by atoms with Gasteiger partial charge in [0.05, 0.1) is 24.6 Å². The van der Waals surface area contributed by atoms with Gasteiger partial charge in [-0.05, 0) is 25.1 Å². The smallest absolute Gasteiger partial charge is 0.220 e. The van der Waals surface area contributed by atoms with Gasteiger partial charge < -0.3 is 15.2 Å². The van der Waals surface area contributed by atoms with Crippen LogP contribution < -0.4 is 15.2 Å². The molecule has 3 rings (SSSR count). The standard InChI is InChI=1S/C17H18FN5O2/c1-10(13-7-12(18)9-21-17(13)24-3)25-15-6-11(8-20-16(15)19)14-4-5-22-23(14)2/h4-10H,1-3H3,(H2,19,20)/t10-/m1/s1. The highest BCUT2D eigenvalue weighted by Crippen LogP contribution is 2.32. The van der Waals surface area contributed by atoms with Crippen LogP contribution in [0, 0.1) is 5.82 Å². The fourth-order valence-corrected chi connectivity index (χ4v) is 2.50. The lowest BCUT2D eigenvalue weighted by molar-refractivity contribution is 0.219. The van der Waals surface area contributed by atoms with E-state index in [0.717, 1.165) is 17.5 Å². The maximum atomic E-state index is 13.5. The second-order valence-electron chi connectivity index (χ2n) is 5.46. The summed E-state index contributed by atoms with van der Waals surface area (Å²) in [6.45, 7) is 1.76. The fraction of sp³-hybridized carbons (Fsp3) is 0.235. The van der Waals surface area contributed by atoms with Crippen LogP contribution in [-0.4, -0.2) is 26.9 Å². The van der Waals surface area contributed by atoms with E-state index in [4.69, 9.17) is 15.2 Å². The van der Waals surface area contributed by atoms with E-state index in [1.54, 1.807) is 30.1 Å². The van der Waals surface area contributed by atoms with Crippen LogP contribution in [-0.2, 0) is 7.05 Å². The van der Waals surface area contributed by atoms with Gasteiger partial charge in [-0.2, -0.15) is 5.10 Å². The van der Waals surface area contributed by atoms with Gasteiger partial charge in [0.2, 0.25) is 5.88 Å². The number of ether oxygens (including phenoxy) is 2. The quantitative estimate of drug-likeness (QED) is 0.766. The number of nitrogens with zero attached hydrogens (tertiary/aromatic N) is 4. The summed E-state index contributed by atoms with van der Waals surface area (Å²) in [5.74, 6) is 0.447. The average molecular weight is 343 g/mol. The number of methoxy groups -OCH3 is 1. The Hall–Kier alpha value is -3.16. The van der Waals surface area contributed by atoms with E-state index in [9.17, 15) is 4.39 Å². The van der Waals surface area contributed by atoms with Crippen LogP contribution in [0.5, 0.6) is 11.6 Å². The van der Waals surface area contributed by atoms with E-state index in [0.29, 0.717) is 17.2 Å². The van der Waals surface area contributed by atoms with Crippen LogP contribution in [0.3, 0.4) is 0 Å². The highest BCUT2D eigenvalue weighted by atomic mass is 19.1. The number of pyridine rings is 2. The third-order valence-corrected chi connectivity index (χ3v) is 3.78. The van der Waals surface area contributed by atoms with E-state index >= 15 is 0 Å². The summed E-state index contributed by atoms with van der Waals surface area (Å²) in [5.41, 5.74) is 8.08. The van der Waals surface area contributed by atoms with Gasteiger partial charge in [-0.1, -0.05) is 0 Å². The monoisotopic (exact) mass is 343 g/mol. The number of halogens is 1. The van der Waals surface area contributed by atoms with Gasteiger partial charge in [-0.3, -0.25) is 4.68 Å². The molecule has 0 bridgehead atoms. The lowest BCUT2D eigenvalue weighted by Gasteiger charge is -2.18. The van der Waals surface area contributed by atoms with Crippen molar-refractivity contribution in [2.45, 2.75) is 13.0 Å². The second kappa shape index (κ2) is 6.76. The van der Waals surface area contributed by atoms with Crippen molar-refractivity contribution in [1.29, 1.82) is 0 Å². The van der Waals surface area contributed by atoms with E-state index in [2.05, 4.69) is 15.1 Å². The molecular weight excluding hydrogens is 325 g/mol. The van der Waals surface area contributed by atoms with Gasteiger partial charge in [0.15, 0.2) is 11.6 Å². The molecule has 0 saturated heterocycles. The third-order valence-electron chi connectivity index (χ3n) is 3.78. The minimum Gasteiger partial charge on any atom is -0.482 e. The van der Waals surface area contributed by atoms with Crippen LogP contribution in [0.15, 0.2) is 36.8 Å². The first-order valence-corrected chi connectivity index (χ1v) is 7.59. The molecule has 0 amide bonds.